The van der Waals surface area contributed by atoms with Gasteiger partial charge in [-0.3, -0.25) is 4.79 Å². The van der Waals surface area contributed by atoms with Crippen molar-refractivity contribution in [1.82, 2.24) is 0 Å². The van der Waals surface area contributed by atoms with Gasteiger partial charge in [0.25, 0.3) is 5.91 Å². The van der Waals surface area contributed by atoms with Crippen molar-refractivity contribution in [2.45, 2.75) is 13.8 Å². The Morgan fingerprint density at radius 1 is 1.14 bits per heavy atom. The third-order valence-corrected chi connectivity index (χ3v) is 3.63. The Labute approximate surface area is 138 Å². The van der Waals surface area contributed by atoms with Gasteiger partial charge in [0.2, 0.25) is 0 Å². The van der Waals surface area contributed by atoms with Gasteiger partial charge in [-0.1, -0.05) is 22.0 Å². The molecule has 0 aliphatic heterocycles. The van der Waals surface area contributed by atoms with E-state index in [1.54, 1.807) is 13.2 Å². The molecule has 0 fully saturated rings. The summed E-state index contributed by atoms with van der Waals surface area (Å²) in [4.78, 5) is 12.0. The highest BCUT2D eigenvalue weighted by Gasteiger charge is 2.09. The highest BCUT2D eigenvalue weighted by atomic mass is 79.9. The summed E-state index contributed by atoms with van der Waals surface area (Å²) < 4.78 is 11.8. The van der Waals surface area contributed by atoms with Crippen LogP contribution in [0.4, 0.5) is 5.69 Å². The predicted molar refractivity (Wildman–Crippen MR) is 90.7 cm³/mol. The first-order valence-corrected chi connectivity index (χ1v) is 7.62. The van der Waals surface area contributed by atoms with Gasteiger partial charge in [-0.2, -0.15) is 0 Å². The van der Waals surface area contributed by atoms with Crippen LogP contribution in [0.15, 0.2) is 40.9 Å². The molecular weight excluding hydrogens is 346 g/mol. The monoisotopic (exact) mass is 363 g/mol. The van der Waals surface area contributed by atoms with Crippen LogP contribution in [0.2, 0.25) is 0 Å². The van der Waals surface area contributed by atoms with Gasteiger partial charge in [-0.25, -0.2) is 0 Å². The summed E-state index contributed by atoms with van der Waals surface area (Å²) in [6.07, 6.45) is 0. The van der Waals surface area contributed by atoms with Crippen LogP contribution in [0.25, 0.3) is 0 Å². The summed E-state index contributed by atoms with van der Waals surface area (Å²) in [5, 5.41) is 2.83. The number of aryl methyl sites for hydroxylation is 2. The van der Waals surface area contributed by atoms with E-state index in [2.05, 4.69) is 21.2 Å². The van der Waals surface area contributed by atoms with E-state index in [-0.39, 0.29) is 12.5 Å². The molecule has 116 valence electrons. The number of hydrogen-bond donors (Lipinski definition) is 1. The summed E-state index contributed by atoms with van der Waals surface area (Å²) in [6.45, 7) is 3.83. The van der Waals surface area contributed by atoms with Crippen LogP contribution in [0.5, 0.6) is 11.5 Å². The van der Waals surface area contributed by atoms with Crippen LogP contribution >= 0.6 is 15.9 Å². The highest BCUT2D eigenvalue weighted by Crippen LogP contribution is 2.27. The zero-order chi connectivity index (χ0) is 16.1. The molecular formula is C17H18BrNO3. The Bertz CT molecular complexity index is 686. The molecule has 1 N–H and O–H groups in total. The molecule has 0 saturated carbocycles. The van der Waals surface area contributed by atoms with Crippen LogP contribution in [0.3, 0.4) is 0 Å². The van der Waals surface area contributed by atoms with Crippen molar-refractivity contribution in [3.8, 4) is 11.5 Å². The number of anilines is 1. The van der Waals surface area contributed by atoms with Crippen molar-refractivity contribution in [2.24, 2.45) is 0 Å². The Morgan fingerprint density at radius 3 is 2.59 bits per heavy atom. The molecule has 22 heavy (non-hydrogen) atoms. The molecule has 0 spiro atoms. The number of ether oxygens (including phenoxy) is 2. The van der Waals surface area contributed by atoms with Crippen molar-refractivity contribution in [2.75, 3.05) is 19.0 Å². The topological polar surface area (TPSA) is 47.6 Å². The van der Waals surface area contributed by atoms with Crippen LogP contribution < -0.4 is 14.8 Å². The van der Waals surface area contributed by atoms with E-state index < -0.39 is 0 Å². The Morgan fingerprint density at radius 2 is 1.91 bits per heavy atom. The summed E-state index contributed by atoms with van der Waals surface area (Å²) in [7, 11) is 1.58. The number of nitrogens with one attached hydrogen (secondary N) is 1. The lowest BCUT2D eigenvalue weighted by atomic mass is 10.2. The number of carbonyl (C=O) groups is 1. The lowest BCUT2D eigenvalue weighted by Crippen LogP contribution is -2.20. The van der Waals surface area contributed by atoms with Gasteiger partial charge in [-0.05, 0) is 55.3 Å². The fraction of sp³-hybridized carbons (Fsp3) is 0.235. The van der Waals surface area contributed by atoms with E-state index >= 15 is 0 Å². The van der Waals surface area contributed by atoms with E-state index in [0.717, 1.165) is 21.3 Å². The maximum Gasteiger partial charge on any atom is 0.262 e. The van der Waals surface area contributed by atoms with E-state index in [4.69, 9.17) is 9.47 Å². The van der Waals surface area contributed by atoms with E-state index in [1.165, 1.54) is 0 Å². The van der Waals surface area contributed by atoms with Crippen LogP contribution in [0, 0.1) is 13.8 Å². The first kappa shape index (κ1) is 16.4. The Hall–Kier alpha value is -2.01. The van der Waals surface area contributed by atoms with E-state index in [0.29, 0.717) is 11.5 Å². The second-order valence-corrected chi connectivity index (χ2v) is 5.87. The summed E-state index contributed by atoms with van der Waals surface area (Å²) in [6, 6.07) is 11.3. The lowest BCUT2D eigenvalue weighted by Gasteiger charge is -2.12. The molecule has 2 aromatic rings. The van der Waals surface area contributed by atoms with E-state index in [1.807, 2.05) is 44.2 Å². The Kier molecular flexibility index (Phi) is 5.44. The standard InChI is InChI=1S/C17H18BrNO3/c1-11-4-7-15(16(8-11)21-3)22-10-17(20)19-14-6-5-13(18)9-12(14)2/h4-9H,10H2,1-3H3,(H,19,20). The SMILES string of the molecule is COc1cc(C)ccc1OCC(=O)Nc1ccc(Br)cc1C. The third-order valence-electron chi connectivity index (χ3n) is 3.14. The van der Waals surface area contributed by atoms with Gasteiger partial charge in [-0.15, -0.1) is 0 Å². The number of amides is 1. The van der Waals surface area contributed by atoms with Crippen LogP contribution in [-0.4, -0.2) is 19.6 Å². The molecule has 5 heteroatoms. The zero-order valence-corrected chi connectivity index (χ0v) is 14.4. The van der Waals surface area contributed by atoms with Crippen molar-refractivity contribution in [1.29, 1.82) is 0 Å². The third kappa shape index (κ3) is 4.24. The quantitative estimate of drug-likeness (QED) is 0.869. The fourth-order valence-electron chi connectivity index (χ4n) is 1.99. The number of benzene rings is 2. The fourth-order valence-corrected chi connectivity index (χ4v) is 2.47. The minimum Gasteiger partial charge on any atom is -0.493 e. The average Bonchev–Trinajstić information content (AvgIpc) is 2.48. The highest BCUT2D eigenvalue weighted by molar-refractivity contribution is 9.10. The van der Waals surface area contributed by atoms with Gasteiger partial charge in [0.05, 0.1) is 7.11 Å². The number of hydrogen-bond acceptors (Lipinski definition) is 3. The lowest BCUT2D eigenvalue weighted by molar-refractivity contribution is -0.118. The Balaban J connectivity index is 1.98. The van der Waals surface area contributed by atoms with Crippen molar-refractivity contribution in [3.63, 3.8) is 0 Å². The molecule has 0 unspecified atom stereocenters. The van der Waals surface area contributed by atoms with Gasteiger partial charge in [0.15, 0.2) is 18.1 Å². The molecule has 0 aliphatic rings. The van der Waals surface area contributed by atoms with Crippen molar-refractivity contribution in [3.05, 3.63) is 52.0 Å². The first-order valence-electron chi connectivity index (χ1n) is 6.83. The number of halogens is 1. The molecule has 1 amide bonds. The second-order valence-electron chi connectivity index (χ2n) is 4.95. The van der Waals surface area contributed by atoms with Gasteiger partial charge < -0.3 is 14.8 Å². The number of carbonyl (C=O) groups excluding carboxylic acids is 1. The number of rotatable bonds is 5. The molecule has 0 aromatic heterocycles. The minimum atomic E-state index is -0.215. The molecule has 0 atom stereocenters. The molecule has 2 aromatic carbocycles. The number of methoxy groups -OCH3 is 1. The average molecular weight is 364 g/mol. The normalized spacial score (nSPS) is 10.2. The molecule has 0 aliphatic carbocycles. The van der Waals surface area contributed by atoms with Crippen LogP contribution in [0.1, 0.15) is 11.1 Å². The molecule has 0 saturated heterocycles. The molecule has 0 bridgehead atoms. The second kappa shape index (κ2) is 7.31. The smallest absolute Gasteiger partial charge is 0.262 e. The van der Waals surface area contributed by atoms with Gasteiger partial charge in [0.1, 0.15) is 0 Å². The molecule has 0 radical (unpaired) electrons. The van der Waals surface area contributed by atoms with Gasteiger partial charge in [0, 0.05) is 10.2 Å². The van der Waals surface area contributed by atoms with Crippen LogP contribution in [-0.2, 0) is 4.79 Å². The zero-order valence-electron chi connectivity index (χ0n) is 12.8. The van der Waals surface area contributed by atoms with Gasteiger partial charge >= 0.3 is 0 Å². The first-order chi connectivity index (χ1) is 10.5. The molecule has 4 nitrogen and oxygen atoms in total. The summed E-state index contributed by atoms with van der Waals surface area (Å²) in [5.41, 5.74) is 2.82. The summed E-state index contributed by atoms with van der Waals surface area (Å²) in [5.74, 6) is 0.955. The molecule has 2 rings (SSSR count). The maximum absolute atomic E-state index is 12.0. The minimum absolute atomic E-state index is 0.0745. The summed E-state index contributed by atoms with van der Waals surface area (Å²) >= 11 is 3.39. The maximum atomic E-state index is 12.0. The van der Waals surface area contributed by atoms with Crippen molar-refractivity contribution >= 4 is 27.5 Å². The molecule has 0 heterocycles. The van der Waals surface area contributed by atoms with E-state index in [9.17, 15) is 4.79 Å². The largest absolute Gasteiger partial charge is 0.493 e. The van der Waals surface area contributed by atoms with Crippen molar-refractivity contribution < 1.29 is 14.3 Å². The predicted octanol–water partition coefficient (Wildman–Crippen LogP) is 4.09.